The Bertz CT molecular complexity index is 549. The summed E-state index contributed by atoms with van der Waals surface area (Å²) in [5.41, 5.74) is 1.67. The number of nitrogens with one attached hydrogen (secondary N) is 1. The molecule has 2 nitrogen and oxygen atoms in total. The molecule has 20 heavy (non-hydrogen) atoms. The number of methoxy groups -OCH3 is 1. The topological polar surface area (TPSA) is 21.3 Å². The smallest absolute Gasteiger partial charge is 0.126 e. The molecule has 0 saturated heterocycles. The Hall–Kier alpha value is -1.94. The summed E-state index contributed by atoms with van der Waals surface area (Å²) in [6.45, 7) is 2.40. The van der Waals surface area contributed by atoms with Gasteiger partial charge in [-0.15, -0.1) is 0 Å². The van der Waals surface area contributed by atoms with Gasteiger partial charge in [-0.2, -0.15) is 0 Å². The Balaban J connectivity index is 1.98. The van der Waals surface area contributed by atoms with Crippen LogP contribution in [0.15, 0.2) is 42.5 Å². The number of hydrogen-bond acceptors (Lipinski definition) is 2. The van der Waals surface area contributed by atoms with Gasteiger partial charge in [0.1, 0.15) is 17.4 Å². The molecule has 0 aliphatic heterocycles. The summed E-state index contributed by atoms with van der Waals surface area (Å²) < 4.78 is 31.3. The molecule has 2 aromatic rings. The maximum Gasteiger partial charge on any atom is 0.126 e. The molecule has 4 heteroatoms. The van der Waals surface area contributed by atoms with E-state index < -0.39 is 11.6 Å². The lowest BCUT2D eigenvalue weighted by Crippen LogP contribution is -2.18. The quantitative estimate of drug-likeness (QED) is 0.897. The fourth-order valence-electron chi connectivity index (χ4n) is 1.99. The molecule has 106 valence electrons. The second kappa shape index (κ2) is 6.48. The zero-order valence-corrected chi connectivity index (χ0v) is 11.5. The van der Waals surface area contributed by atoms with Crippen molar-refractivity contribution in [3.05, 3.63) is 65.2 Å². The predicted molar refractivity (Wildman–Crippen MR) is 74.6 cm³/mol. The van der Waals surface area contributed by atoms with E-state index in [1.807, 2.05) is 31.2 Å². The fraction of sp³-hybridized carbons (Fsp3) is 0.250. The average molecular weight is 277 g/mol. The standard InChI is InChI=1S/C16H17F2NO/c1-11(13-3-5-16(20-2)6-4-13)19-10-12-7-14(17)9-15(18)8-12/h3-9,11,19H,10H2,1-2H3. The third-order valence-corrected chi connectivity index (χ3v) is 3.15. The maximum absolute atomic E-state index is 13.1. The SMILES string of the molecule is COc1ccc(C(C)NCc2cc(F)cc(F)c2)cc1. The summed E-state index contributed by atoms with van der Waals surface area (Å²) in [5.74, 6) is -0.314. The van der Waals surface area contributed by atoms with E-state index in [0.717, 1.165) is 17.4 Å². The first-order chi connectivity index (χ1) is 9.58. The highest BCUT2D eigenvalue weighted by Crippen LogP contribution is 2.18. The van der Waals surface area contributed by atoms with Gasteiger partial charge in [0.05, 0.1) is 7.11 Å². The highest BCUT2D eigenvalue weighted by atomic mass is 19.1. The molecular weight excluding hydrogens is 260 g/mol. The molecule has 0 fully saturated rings. The van der Waals surface area contributed by atoms with Gasteiger partial charge >= 0.3 is 0 Å². The minimum absolute atomic E-state index is 0.0761. The molecule has 0 radical (unpaired) electrons. The molecule has 0 aliphatic carbocycles. The summed E-state index contributed by atoms with van der Waals surface area (Å²) in [5, 5.41) is 3.23. The number of rotatable bonds is 5. The highest BCUT2D eigenvalue weighted by Gasteiger charge is 2.06. The van der Waals surface area contributed by atoms with Gasteiger partial charge in [0.2, 0.25) is 0 Å². The van der Waals surface area contributed by atoms with E-state index in [4.69, 9.17) is 4.74 Å². The van der Waals surface area contributed by atoms with E-state index in [1.165, 1.54) is 12.1 Å². The maximum atomic E-state index is 13.1. The predicted octanol–water partition coefficient (Wildman–Crippen LogP) is 3.82. The molecular formula is C16H17F2NO. The second-order valence-electron chi connectivity index (χ2n) is 4.65. The van der Waals surface area contributed by atoms with E-state index in [1.54, 1.807) is 7.11 Å². The van der Waals surface area contributed by atoms with Crippen LogP contribution in [0.25, 0.3) is 0 Å². The Labute approximate surface area is 117 Å². The summed E-state index contributed by atoms with van der Waals surface area (Å²) in [6, 6.07) is 11.3. The largest absolute Gasteiger partial charge is 0.497 e. The fourth-order valence-corrected chi connectivity index (χ4v) is 1.99. The van der Waals surface area contributed by atoms with Crippen LogP contribution in [0.5, 0.6) is 5.75 Å². The third kappa shape index (κ3) is 3.78. The summed E-state index contributed by atoms with van der Waals surface area (Å²) in [4.78, 5) is 0. The van der Waals surface area contributed by atoms with Gasteiger partial charge in [-0.1, -0.05) is 12.1 Å². The van der Waals surface area contributed by atoms with Crippen LogP contribution in [0.1, 0.15) is 24.1 Å². The molecule has 0 aliphatic rings. The van der Waals surface area contributed by atoms with Crippen molar-refractivity contribution >= 4 is 0 Å². The Morgan fingerprint density at radius 2 is 1.65 bits per heavy atom. The molecule has 2 rings (SSSR count). The first-order valence-electron chi connectivity index (χ1n) is 6.41. The lowest BCUT2D eigenvalue weighted by atomic mass is 10.1. The monoisotopic (exact) mass is 277 g/mol. The van der Waals surface area contributed by atoms with Crippen molar-refractivity contribution in [2.24, 2.45) is 0 Å². The third-order valence-electron chi connectivity index (χ3n) is 3.15. The minimum Gasteiger partial charge on any atom is -0.497 e. The summed E-state index contributed by atoms with van der Waals surface area (Å²) in [6.07, 6.45) is 0. The van der Waals surface area contributed by atoms with Crippen molar-refractivity contribution in [1.29, 1.82) is 0 Å². The van der Waals surface area contributed by atoms with E-state index in [-0.39, 0.29) is 6.04 Å². The van der Waals surface area contributed by atoms with Gasteiger partial charge < -0.3 is 10.1 Å². The zero-order chi connectivity index (χ0) is 14.5. The van der Waals surface area contributed by atoms with Gasteiger partial charge in [0, 0.05) is 18.7 Å². The van der Waals surface area contributed by atoms with Gasteiger partial charge in [0.25, 0.3) is 0 Å². The Kier molecular flexibility index (Phi) is 4.69. The van der Waals surface area contributed by atoms with Gasteiger partial charge in [-0.05, 0) is 42.3 Å². The normalized spacial score (nSPS) is 12.2. The number of ether oxygens (including phenoxy) is 1. The van der Waals surface area contributed by atoms with Gasteiger partial charge in [-0.3, -0.25) is 0 Å². The van der Waals surface area contributed by atoms with E-state index >= 15 is 0 Å². The van der Waals surface area contributed by atoms with Crippen molar-refractivity contribution in [2.45, 2.75) is 19.5 Å². The molecule has 1 atom stereocenters. The molecule has 0 spiro atoms. The van der Waals surface area contributed by atoms with Crippen LogP contribution in [-0.4, -0.2) is 7.11 Å². The molecule has 0 saturated carbocycles. The van der Waals surface area contributed by atoms with Crippen molar-refractivity contribution < 1.29 is 13.5 Å². The van der Waals surface area contributed by atoms with Crippen LogP contribution >= 0.6 is 0 Å². The zero-order valence-electron chi connectivity index (χ0n) is 11.5. The first-order valence-corrected chi connectivity index (χ1v) is 6.41. The lowest BCUT2D eigenvalue weighted by Gasteiger charge is -2.15. The van der Waals surface area contributed by atoms with Crippen LogP contribution in [0, 0.1) is 11.6 Å². The minimum atomic E-state index is -0.557. The Morgan fingerprint density at radius 3 is 2.20 bits per heavy atom. The molecule has 2 aromatic carbocycles. The molecule has 0 amide bonds. The van der Waals surface area contributed by atoms with Crippen molar-refractivity contribution in [2.75, 3.05) is 7.11 Å². The number of halogens is 2. The second-order valence-corrected chi connectivity index (χ2v) is 4.65. The van der Waals surface area contributed by atoms with Crippen LogP contribution in [0.4, 0.5) is 8.78 Å². The molecule has 1 unspecified atom stereocenters. The van der Waals surface area contributed by atoms with Crippen LogP contribution in [0.2, 0.25) is 0 Å². The highest BCUT2D eigenvalue weighted by molar-refractivity contribution is 5.29. The van der Waals surface area contributed by atoms with Crippen LogP contribution in [0.3, 0.4) is 0 Å². The molecule has 1 N–H and O–H groups in total. The molecule has 0 aromatic heterocycles. The van der Waals surface area contributed by atoms with Crippen molar-refractivity contribution in [3.8, 4) is 5.75 Å². The average Bonchev–Trinajstić information content (AvgIpc) is 2.44. The number of benzene rings is 2. The molecule has 0 heterocycles. The van der Waals surface area contributed by atoms with E-state index in [0.29, 0.717) is 12.1 Å². The number of hydrogen-bond donors (Lipinski definition) is 1. The van der Waals surface area contributed by atoms with Gasteiger partial charge in [0.15, 0.2) is 0 Å². The van der Waals surface area contributed by atoms with Crippen LogP contribution in [-0.2, 0) is 6.54 Å². The first kappa shape index (κ1) is 14.5. The van der Waals surface area contributed by atoms with Crippen LogP contribution < -0.4 is 10.1 Å². The summed E-state index contributed by atoms with van der Waals surface area (Å²) >= 11 is 0. The summed E-state index contributed by atoms with van der Waals surface area (Å²) in [7, 11) is 1.62. The van der Waals surface area contributed by atoms with Gasteiger partial charge in [-0.25, -0.2) is 8.78 Å². The van der Waals surface area contributed by atoms with E-state index in [2.05, 4.69) is 5.32 Å². The molecule has 0 bridgehead atoms. The van der Waals surface area contributed by atoms with Crippen molar-refractivity contribution in [3.63, 3.8) is 0 Å². The van der Waals surface area contributed by atoms with Crippen molar-refractivity contribution in [1.82, 2.24) is 5.32 Å². The lowest BCUT2D eigenvalue weighted by molar-refractivity contribution is 0.414. The van der Waals surface area contributed by atoms with E-state index in [9.17, 15) is 8.78 Å². The Morgan fingerprint density at radius 1 is 1.05 bits per heavy atom.